The third-order valence-corrected chi connectivity index (χ3v) is 2.37. The topological polar surface area (TPSA) is 37.3 Å². The second kappa shape index (κ2) is 5.56. The van der Waals surface area contributed by atoms with Crippen LogP contribution in [0.2, 0.25) is 0 Å². The van der Waals surface area contributed by atoms with Gasteiger partial charge >= 0.3 is 18.3 Å². The number of carboxylic acid groups (broad SMARTS) is 1. The summed E-state index contributed by atoms with van der Waals surface area (Å²) in [5.41, 5.74) is -3.41. The minimum Gasteiger partial charge on any atom is -0.478 e. The molecule has 0 bridgehead atoms. The molecular formula is C12H8F6O2. The van der Waals surface area contributed by atoms with Gasteiger partial charge in [0.25, 0.3) is 0 Å². The molecule has 0 aromatic heterocycles. The Bertz CT molecular complexity index is 527. The highest BCUT2D eigenvalue weighted by molar-refractivity contribution is 5.81. The number of benzene rings is 1. The maximum absolute atomic E-state index is 12.6. The van der Waals surface area contributed by atoms with E-state index in [1.807, 2.05) is 0 Å². The minimum absolute atomic E-state index is 0.132. The highest BCUT2D eigenvalue weighted by atomic mass is 19.4. The summed E-state index contributed by atoms with van der Waals surface area (Å²) in [5, 5.41) is 8.36. The zero-order valence-electron chi connectivity index (χ0n) is 9.72. The molecule has 20 heavy (non-hydrogen) atoms. The van der Waals surface area contributed by atoms with Crippen molar-refractivity contribution in [2.75, 3.05) is 0 Å². The highest BCUT2D eigenvalue weighted by Gasteiger charge is 2.37. The Labute approximate surface area is 109 Å². The quantitative estimate of drug-likeness (QED) is 0.680. The van der Waals surface area contributed by atoms with E-state index in [9.17, 15) is 31.1 Å². The Hall–Kier alpha value is -1.99. The van der Waals surface area contributed by atoms with E-state index >= 15 is 0 Å². The Morgan fingerprint density at radius 2 is 1.65 bits per heavy atom. The fourth-order valence-corrected chi connectivity index (χ4v) is 1.54. The van der Waals surface area contributed by atoms with E-state index in [-0.39, 0.29) is 6.08 Å². The van der Waals surface area contributed by atoms with Crippen molar-refractivity contribution in [1.29, 1.82) is 0 Å². The molecule has 110 valence electrons. The summed E-state index contributed by atoms with van der Waals surface area (Å²) in [4.78, 5) is 10.3. The molecule has 0 aliphatic heterocycles. The van der Waals surface area contributed by atoms with Gasteiger partial charge in [-0.15, -0.1) is 0 Å². The number of halogens is 6. The molecular weight excluding hydrogens is 290 g/mol. The number of aliphatic carboxylic acids is 1. The van der Waals surface area contributed by atoms with E-state index in [0.717, 1.165) is 18.2 Å². The maximum atomic E-state index is 12.6. The smallest absolute Gasteiger partial charge is 0.416 e. The fourth-order valence-electron chi connectivity index (χ4n) is 1.54. The first-order valence-electron chi connectivity index (χ1n) is 5.17. The van der Waals surface area contributed by atoms with Crippen LogP contribution in [0.1, 0.15) is 11.1 Å². The molecule has 0 heterocycles. The molecule has 1 aromatic carbocycles. The maximum Gasteiger partial charge on any atom is 0.416 e. The lowest BCUT2D eigenvalue weighted by atomic mass is 9.99. The van der Waals surface area contributed by atoms with Gasteiger partial charge in [0.2, 0.25) is 0 Å². The van der Waals surface area contributed by atoms with E-state index in [1.54, 1.807) is 0 Å². The van der Waals surface area contributed by atoms with Crippen LogP contribution >= 0.6 is 0 Å². The van der Waals surface area contributed by atoms with Gasteiger partial charge in [-0.05, 0) is 11.6 Å². The standard InChI is InChI=1S/C12H8F6O2/c13-11(14,15)8(6-10(19)20)5-7-3-1-2-4-9(7)12(16,17)18/h1-4,6H,5H2,(H,19,20)/b8-6+. The lowest BCUT2D eigenvalue weighted by Gasteiger charge is -2.15. The summed E-state index contributed by atoms with van der Waals surface area (Å²) in [7, 11) is 0. The normalized spacial score (nSPS) is 13.4. The van der Waals surface area contributed by atoms with Crippen LogP contribution in [0, 0.1) is 0 Å². The molecule has 0 spiro atoms. The van der Waals surface area contributed by atoms with E-state index in [4.69, 9.17) is 5.11 Å². The summed E-state index contributed by atoms with van der Waals surface area (Å²) in [6, 6.07) is 3.72. The van der Waals surface area contributed by atoms with Crippen LogP contribution in [0.4, 0.5) is 26.3 Å². The van der Waals surface area contributed by atoms with Crippen LogP contribution in [-0.4, -0.2) is 17.3 Å². The van der Waals surface area contributed by atoms with E-state index in [0.29, 0.717) is 6.07 Å². The van der Waals surface area contributed by atoms with E-state index in [2.05, 4.69) is 0 Å². The van der Waals surface area contributed by atoms with Crippen LogP contribution < -0.4 is 0 Å². The third kappa shape index (κ3) is 4.29. The third-order valence-electron chi connectivity index (χ3n) is 2.37. The average molecular weight is 298 g/mol. The van der Waals surface area contributed by atoms with Crippen LogP contribution in [0.5, 0.6) is 0 Å². The van der Waals surface area contributed by atoms with Gasteiger partial charge in [0.15, 0.2) is 0 Å². The molecule has 0 saturated heterocycles. The molecule has 0 aliphatic rings. The highest BCUT2D eigenvalue weighted by Crippen LogP contribution is 2.35. The molecule has 0 saturated carbocycles. The van der Waals surface area contributed by atoms with Crippen molar-refractivity contribution in [2.45, 2.75) is 18.8 Å². The zero-order valence-corrected chi connectivity index (χ0v) is 9.72. The van der Waals surface area contributed by atoms with Gasteiger partial charge < -0.3 is 5.11 Å². The van der Waals surface area contributed by atoms with Crippen molar-refractivity contribution in [2.24, 2.45) is 0 Å². The van der Waals surface area contributed by atoms with Crippen molar-refractivity contribution < 1.29 is 36.2 Å². The predicted molar refractivity (Wildman–Crippen MR) is 56.9 cm³/mol. The number of rotatable bonds is 3. The van der Waals surface area contributed by atoms with Crippen molar-refractivity contribution in [1.82, 2.24) is 0 Å². The number of hydrogen-bond donors (Lipinski definition) is 1. The molecule has 1 rings (SSSR count). The lowest BCUT2D eigenvalue weighted by Crippen LogP contribution is -2.18. The summed E-state index contributed by atoms with van der Waals surface area (Å²) < 4.78 is 75.7. The number of hydrogen-bond acceptors (Lipinski definition) is 1. The first-order valence-corrected chi connectivity index (χ1v) is 5.17. The summed E-state index contributed by atoms with van der Waals surface area (Å²) >= 11 is 0. The van der Waals surface area contributed by atoms with Crippen LogP contribution in [0.25, 0.3) is 0 Å². The lowest BCUT2D eigenvalue weighted by molar-refractivity contribution is -0.138. The van der Waals surface area contributed by atoms with Gasteiger partial charge in [0.1, 0.15) is 0 Å². The van der Waals surface area contributed by atoms with Crippen LogP contribution in [-0.2, 0) is 17.4 Å². The molecule has 2 nitrogen and oxygen atoms in total. The Balaban J connectivity index is 3.23. The molecule has 1 aromatic rings. The molecule has 0 unspecified atom stereocenters. The van der Waals surface area contributed by atoms with Crippen LogP contribution in [0.3, 0.4) is 0 Å². The molecule has 0 fully saturated rings. The van der Waals surface area contributed by atoms with Crippen molar-refractivity contribution in [3.05, 3.63) is 47.0 Å². The Morgan fingerprint density at radius 3 is 2.10 bits per heavy atom. The van der Waals surface area contributed by atoms with Crippen molar-refractivity contribution in [3.63, 3.8) is 0 Å². The summed E-state index contributed by atoms with van der Waals surface area (Å²) in [6.07, 6.45) is -11.1. The Kier molecular flexibility index (Phi) is 4.46. The number of carboxylic acids is 1. The van der Waals surface area contributed by atoms with Gasteiger partial charge in [0, 0.05) is 18.1 Å². The molecule has 0 amide bonds. The number of alkyl halides is 6. The zero-order chi connectivity index (χ0) is 15.6. The largest absolute Gasteiger partial charge is 0.478 e. The summed E-state index contributed by atoms with van der Waals surface area (Å²) in [5.74, 6) is -1.87. The molecule has 0 atom stereocenters. The van der Waals surface area contributed by atoms with Gasteiger partial charge in [0.05, 0.1) is 5.56 Å². The van der Waals surface area contributed by atoms with Gasteiger partial charge in [-0.1, -0.05) is 18.2 Å². The minimum atomic E-state index is -5.02. The molecule has 0 aliphatic carbocycles. The first kappa shape index (κ1) is 16.1. The van der Waals surface area contributed by atoms with E-state index in [1.165, 1.54) is 0 Å². The van der Waals surface area contributed by atoms with Crippen molar-refractivity contribution in [3.8, 4) is 0 Å². The first-order chi connectivity index (χ1) is 9.01. The summed E-state index contributed by atoms with van der Waals surface area (Å²) in [6.45, 7) is 0. The molecule has 1 N–H and O–H groups in total. The van der Waals surface area contributed by atoms with E-state index < -0.39 is 41.4 Å². The van der Waals surface area contributed by atoms with Gasteiger partial charge in [-0.25, -0.2) is 4.79 Å². The molecule has 8 heteroatoms. The monoisotopic (exact) mass is 298 g/mol. The fraction of sp³-hybridized carbons (Fsp3) is 0.250. The van der Waals surface area contributed by atoms with Gasteiger partial charge in [-0.2, -0.15) is 26.3 Å². The second-order valence-corrected chi connectivity index (χ2v) is 3.84. The molecule has 0 radical (unpaired) electrons. The number of carbonyl (C=O) groups is 1. The SMILES string of the molecule is O=C(O)/C=C(\Cc1ccccc1C(F)(F)F)C(F)(F)F. The van der Waals surface area contributed by atoms with Crippen LogP contribution in [0.15, 0.2) is 35.9 Å². The second-order valence-electron chi connectivity index (χ2n) is 3.84. The Morgan fingerprint density at radius 1 is 1.10 bits per heavy atom. The predicted octanol–water partition coefficient (Wildman–Crippen LogP) is 3.82. The van der Waals surface area contributed by atoms with Crippen molar-refractivity contribution >= 4 is 5.97 Å². The van der Waals surface area contributed by atoms with Gasteiger partial charge in [-0.3, -0.25) is 0 Å². The average Bonchev–Trinajstić information content (AvgIpc) is 2.25. The number of allylic oxidation sites excluding steroid dienone is 1.